The van der Waals surface area contributed by atoms with Crippen LogP contribution in [0.25, 0.3) is 11.1 Å². The van der Waals surface area contributed by atoms with Gasteiger partial charge in [0.25, 0.3) is 0 Å². The maximum Gasteiger partial charge on any atom is 0.160 e. The molecule has 1 aliphatic carbocycles. The molecule has 4 heteroatoms. The third-order valence-corrected chi connectivity index (χ3v) is 6.51. The lowest BCUT2D eigenvalue weighted by molar-refractivity contribution is -0.222. The van der Waals surface area contributed by atoms with E-state index in [1.54, 1.807) is 6.07 Å². The van der Waals surface area contributed by atoms with Crippen LogP contribution in [-0.4, -0.2) is 19.5 Å². The summed E-state index contributed by atoms with van der Waals surface area (Å²) >= 11 is 5.79. The maximum absolute atomic E-state index is 13.7. The van der Waals surface area contributed by atoms with Gasteiger partial charge < -0.3 is 9.47 Å². The van der Waals surface area contributed by atoms with Gasteiger partial charge in [0.05, 0.1) is 18.2 Å². The Balaban J connectivity index is 1.32. The Kier molecular flexibility index (Phi) is 6.69. The molecule has 2 aromatic rings. The van der Waals surface area contributed by atoms with Crippen LogP contribution in [0.5, 0.6) is 0 Å². The van der Waals surface area contributed by atoms with Gasteiger partial charge in [0.1, 0.15) is 5.82 Å². The minimum Gasteiger partial charge on any atom is -0.352 e. The van der Waals surface area contributed by atoms with Crippen molar-refractivity contribution in [3.63, 3.8) is 0 Å². The fourth-order valence-corrected chi connectivity index (χ4v) is 4.65. The second-order valence-corrected chi connectivity index (χ2v) is 8.59. The van der Waals surface area contributed by atoms with E-state index in [1.165, 1.54) is 11.6 Å². The van der Waals surface area contributed by atoms with Gasteiger partial charge in [-0.3, -0.25) is 0 Å². The third kappa shape index (κ3) is 4.91. The first kappa shape index (κ1) is 20.6. The fourth-order valence-electron chi connectivity index (χ4n) is 4.54. The van der Waals surface area contributed by atoms with Gasteiger partial charge in [0.15, 0.2) is 6.29 Å². The number of allylic oxidation sites excluding steroid dienone is 1. The van der Waals surface area contributed by atoms with E-state index in [9.17, 15) is 4.39 Å². The lowest BCUT2D eigenvalue weighted by atomic mass is 9.78. The minimum atomic E-state index is -0.379. The summed E-state index contributed by atoms with van der Waals surface area (Å²) in [7, 11) is 0. The van der Waals surface area contributed by atoms with Crippen molar-refractivity contribution < 1.29 is 13.9 Å². The first-order chi connectivity index (χ1) is 14.1. The van der Waals surface area contributed by atoms with E-state index in [4.69, 9.17) is 21.1 Å². The molecule has 0 atom stereocenters. The molecule has 1 aliphatic heterocycles. The third-order valence-electron chi connectivity index (χ3n) is 6.21. The highest BCUT2D eigenvalue weighted by molar-refractivity contribution is 6.30. The average Bonchev–Trinajstić information content (AvgIpc) is 2.77. The lowest BCUT2D eigenvalue weighted by Crippen LogP contribution is -2.37. The van der Waals surface area contributed by atoms with E-state index < -0.39 is 0 Å². The first-order valence-electron chi connectivity index (χ1n) is 10.6. The highest BCUT2D eigenvalue weighted by Crippen LogP contribution is 2.39. The smallest absolute Gasteiger partial charge is 0.160 e. The predicted octanol–water partition coefficient (Wildman–Crippen LogP) is 6.99. The number of hydrogen-bond acceptors (Lipinski definition) is 2. The number of rotatable bonds is 4. The molecule has 4 rings (SSSR count). The molecule has 0 aromatic heterocycles. The summed E-state index contributed by atoms with van der Waals surface area (Å²) in [6.45, 7) is 3.57. The number of hydrogen-bond donors (Lipinski definition) is 0. The highest BCUT2D eigenvalue weighted by atomic mass is 35.5. The van der Waals surface area contributed by atoms with Gasteiger partial charge in [-0.25, -0.2) is 4.39 Å². The molecule has 0 unspecified atom stereocenters. The van der Waals surface area contributed by atoms with Gasteiger partial charge in [-0.2, -0.15) is 0 Å². The SMILES string of the molecule is C/C=C/[C@H]1CO[C@H](C2CCC(c3ccc(-c4ccc(Cl)c(F)c4)cc3)CC2)OC1. The highest BCUT2D eigenvalue weighted by Gasteiger charge is 2.32. The van der Waals surface area contributed by atoms with Gasteiger partial charge in [-0.05, 0) is 67.3 Å². The zero-order valence-corrected chi connectivity index (χ0v) is 17.6. The normalized spacial score (nSPS) is 28.0. The van der Waals surface area contributed by atoms with Crippen LogP contribution in [0.4, 0.5) is 4.39 Å². The Morgan fingerprint density at radius 2 is 1.59 bits per heavy atom. The van der Waals surface area contributed by atoms with Crippen molar-refractivity contribution in [2.75, 3.05) is 13.2 Å². The summed E-state index contributed by atoms with van der Waals surface area (Å²) in [5.74, 6) is 1.08. The Labute approximate surface area is 177 Å². The minimum absolute atomic E-state index is 0.0420. The molecular formula is C25H28ClFO2. The van der Waals surface area contributed by atoms with Crippen molar-refractivity contribution in [3.8, 4) is 11.1 Å². The molecule has 2 fully saturated rings. The predicted molar refractivity (Wildman–Crippen MR) is 116 cm³/mol. The summed E-state index contributed by atoms with van der Waals surface area (Å²) in [5.41, 5.74) is 3.22. The van der Waals surface area contributed by atoms with E-state index in [0.717, 1.165) is 50.0 Å². The molecule has 2 aromatic carbocycles. The molecule has 0 N–H and O–H groups in total. The molecule has 29 heavy (non-hydrogen) atoms. The molecule has 0 amide bonds. The first-order valence-corrected chi connectivity index (χ1v) is 10.9. The van der Waals surface area contributed by atoms with Crippen LogP contribution in [0, 0.1) is 17.7 Å². The molecule has 0 spiro atoms. The van der Waals surface area contributed by atoms with Gasteiger partial charge >= 0.3 is 0 Å². The Morgan fingerprint density at radius 3 is 2.21 bits per heavy atom. The monoisotopic (exact) mass is 414 g/mol. The molecule has 1 saturated carbocycles. The van der Waals surface area contributed by atoms with Crippen LogP contribution in [0.15, 0.2) is 54.6 Å². The Morgan fingerprint density at radius 1 is 0.931 bits per heavy atom. The summed E-state index contributed by atoms with van der Waals surface area (Å²) in [4.78, 5) is 0. The zero-order chi connectivity index (χ0) is 20.2. The van der Waals surface area contributed by atoms with Crippen molar-refractivity contribution in [1.82, 2.24) is 0 Å². The van der Waals surface area contributed by atoms with Gasteiger partial charge in [-0.1, -0.05) is 54.1 Å². The van der Waals surface area contributed by atoms with Crippen LogP contribution >= 0.6 is 11.6 Å². The van der Waals surface area contributed by atoms with Gasteiger partial charge in [0, 0.05) is 11.8 Å². The van der Waals surface area contributed by atoms with Gasteiger partial charge in [0.2, 0.25) is 0 Å². The zero-order valence-electron chi connectivity index (χ0n) is 16.8. The second-order valence-electron chi connectivity index (χ2n) is 8.18. The Hall–Kier alpha value is -1.68. The van der Waals surface area contributed by atoms with Crippen LogP contribution in [-0.2, 0) is 9.47 Å². The van der Waals surface area contributed by atoms with E-state index in [1.807, 2.05) is 13.0 Å². The van der Waals surface area contributed by atoms with Crippen molar-refractivity contribution in [2.45, 2.75) is 44.8 Å². The van der Waals surface area contributed by atoms with E-state index >= 15 is 0 Å². The molecule has 154 valence electrons. The Bertz CT molecular complexity index is 832. The quantitative estimate of drug-likeness (QED) is 0.502. The number of halogens is 2. The largest absolute Gasteiger partial charge is 0.352 e. The summed E-state index contributed by atoms with van der Waals surface area (Å²) in [6, 6.07) is 13.5. The average molecular weight is 415 g/mol. The van der Waals surface area contributed by atoms with Crippen LogP contribution < -0.4 is 0 Å². The maximum atomic E-state index is 13.7. The van der Waals surface area contributed by atoms with Crippen molar-refractivity contribution in [3.05, 3.63) is 71.0 Å². The standard InChI is InChI=1S/C25H28ClFO2/c1-2-3-17-15-28-25(29-16-17)21-10-8-19(9-11-21)18-4-6-20(7-5-18)22-12-13-23(26)24(27)14-22/h2-7,12-14,17,19,21,25H,8-11,15-16H2,1H3/b3-2+/t17-,19?,21?,25-. The molecule has 0 radical (unpaired) electrons. The van der Waals surface area contributed by atoms with E-state index in [2.05, 4.69) is 36.4 Å². The van der Waals surface area contributed by atoms with Gasteiger partial charge in [-0.15, -0.1) is 0 Å². The van der Waals surface area contributed by atoms with Crippen LogP contribution in [0.1, 0.15) is 44.1 Å². The van der Waals surface area contributed by atoms with E-state index in [0.29, 0.717) is 17.8 Å². The molecule has 2 aliphatic rings. The topological polar surface area (TPSA) is 18.5 Å². The van der Waals surface area contributed by atoms with E-state index in [-0.39, 0.29) is 17.1 Å². The molecule has 1 saturated heterocycles. The fraction of sp³-hybridized carbons (Fsp3) is 0.440. The van der Waals surface area contributed by atoms with Crippen molar-refractivity contribution >= 4 is 11.6 Å². The number of benzene rings is 2. The molecular weight excluding hydrogens is 387 g/mol. The second kappa shape index (κ2) is 9.42. The molecule has 0 bridgehead atoms. The van der Waals surface area contributed by atoms with Crippen LogP contribution in [0.2, 0.25) is 5.02 Å². The summed E-state index contributed by atoms with van der Waals surface area (Å²) in [6.07, 6.45) is 8.76. The summed E-state index contributed by atoms with van der Waals surface area (Å²) in [5, 5.41) is 0.158. The molecule has 1 heterocycles. The van der Waals surface area contributed by atoms with Crippen LogP contribution in [0.3, 0.4) is 0 Å². The number of ether oxygens (including phenoxy) is 2. The molecule has 2 nitrogen and oxygen atoms in total. The lowest BCUT2D eigenvalue weighted by Gasteiger charge is -2.37. The van der Waals surface area contributed by atoms with Crippen molar-refractivity contribution in [2.24, 2.45) is 11.8 Å². The summed E-state index contributed by atoms with van der Waals surface area (Å²) < 4.78 is 25.7. The van der Waals surface area contributed by atoms with Crippen molar-refractivity contribution in [1.29, 1.82) is 0 Å².